The highest BCUT2D eigenvalue weighted by Crippen LogP contribution is 2.53. The van der Waals surface area contributed by atoms with Crippen molar-refractivity contribution in [3.05, 3.63) is 21.9 Å². The Labute approximate surface area is 159 Å². The Hall–Kier alpha value is -1.36. The molecule has 1 amide bonds. The zero-order chi connectivity index (χ0) is 18.1. The second-order valence-corrected chi connectivity index (χ2v) is 9.71. The lowest BCUT2D eigenvalue weighted by Gasteiger charge is -2.51. The molecule has 2 N–H and O–H groups in total. The molecule has 0 aliphatic heterocycles. The Morgan fingerprint density at radius 2 is 1.77 bits per heavy atom. The highest BCUT2D eigenvalue weighted by molar-refractivity contribution is 7.10. The second kappa shape index (κ2) is 7.34. The summed E-state index contributed by atoms with van der Waals surface area (Å²) >= 11 is 1.75. The Balaban J connectivity index is 1.26. The average Bonchev–Trinajstić information content (AvgIpc) is 3.12. The Kier molecular flexibility index (Phi) is 5.09. The Morgan fingerprint density at radius 3 is 2.42 bits per heavy atom. The van der Waals surface area contributed by atoms with Gasteiger partial charge in [0.1, 0.15) is 0 Å². The fourth-order valence-electron chi connectivity index (χ4n) is 5.31. The van der Waals surface area contributed by atoms with E-state index >= 15 is 0 Å². The number of carboxylic acids is 1. The van der Waals surface area contributed by atoms with Gasteiger partial charge in [0.15, 0.2) is 0 Å². The zero-order valence-corrected chi connectivity index (χ0v) is 16.2. The summed E-state index contributed by atoms with van der Waals surface area (Å²) in [5, 5.41) is 14.4. The third kappa shape index (κ3) is 3.68. The number of thiophene rings is 1. The molecule has 1 aromatic rings. The first-order valence-electron chi connectivity index (χ1n) is 10.2. The molecule has 0 atom stereocenters. The van der Waals surface area contributed by atoms with Gasteiger partial charge in [0.05, 0.1) is 11.5 Å². The lowest BCUT2D eigenvalue weighted by atomic mass is 9.57. The topological polar surface area (TPSA) is 66.4 Å². The van der Waals surface area contributed by atoms with Crippen LogP contribution in [0.3, 0.4) is 0 Å². The van der Waals surface area contributed by atoms with Crippen molar-refractivity contribution in [1.29, 1.82) is 0 Å². The predicted octanol–water partition coefficient (Wildman–Crippen LogP) is 4.95. The summed E-state index contributed by atoms with van der Waals surface area (Å²) in [7, 11) is 0. The molecule has 0 saturated heterocycles. The van der Waals surface area contributed by atoms with Crippen LogP contribution in [-0.2, 0) is 4.79 Å². The molecule has 0 unspecified atom stereocenters. The number of carbonyl (C=O) groups is 2. The molecule has 142 valence electrons. The minimum Gasteiger partial charge on any atom is -0.481 e. The minimum atomic E-state index is -0.643. The van der Waals surface area contributed by atoms with Gasteiger partial charge in [0.25, 0.3) is 5.91 Å². The van der Waals surface area contributed by atoms with E-state index in [-0.39, 0.29) is 17.9 Å². The van der Waals surface area contributed by atoms with Crippen LogP contribution in [0.25, 0.3) is 0 Å². The van der Waals surface area contributed by atoms with Crippen LogP contribution in [0.2, 0.25) is 0 Å². The summed E-state index contributed by atoms with van der Waals surface area (Å²) < 4.78 is 0. The van der Waals surface area contributed by atoms with Crippen LogP contribution in [0.1, 0.15) is 91.8 Å². The van der Waals surface area contributed by atoms with Gasteiger partial charge in [-0.15, -0.1) is 11.3 Å². The summed E-state index contributed by atoms with van der Waals surface area (Å²) in [6.07, 6.45) is 12.2. The average molecular weight is 376 g/mol. The van der Waals surface area contributed by atoms with Crippen LogP contribution in [0, 0.1) is 11.3 Å². The lowest BCUT2D eigenvalue weighted by molar-refractivity contribution is -0.144. The van der Waals surface area contributed by atoms with E-state index < -0.39 is 5.97 Å². The van der Waals surface area contributed by atoms with E-state index in [0.717, 1.165) is 44.1 Å². The van der Waals surface area contributed by atoms with Gasteiger partial charge in [-0.25, -0.2) is 0 Å². The normalized spacial score (nSPS) is 32.2. The van der Waals surface area contributed by atoms with Gasteiger partial charge in [-0.05, 0) is 68.8 Å². The standard InChI is InChI=1S/C21H29NO3S/c23-19(16-10-18(26-13-16)14-4-2-1-3-5-14)22-17-11-21(12-17)8-6-15(7-9-21)20(24)25/h10,13-15,17H,1-9,11-12H2,(H,22,23)(H,24,25). The van der Waals surface area contributed by atoms with Crippen molar-refractivity contribution in [1.82, 2.24) is 5.32 Å². The number of aliphatic carboxylic acids is 1. The summed E-state index contributed by atoms with van der Waals surface area (Å²) in [5.74, 6) is -0.0670. The van der Waals surface area contributed by atoms with E-state index in [2.05, 4.69) is 11.4 Å². The summed E-state index contributed by atoms with van der Waals surface area (Å²) in [6.45, 7) is 0. The minimum absolute atomic E-state index is 0.0716. The molecule has 5 heteroatoms. The molecule has 3 saturated carbocycles. The quantitative estimate of drug-likeness (QED) is 0.782. The molecule has 1 heterocycles. The number of nitrogens with one attached hydrogen (secondary N) is 1. The molecule has 3 aliphatic carbocycles. The molecule has 1 aromatic heterocycles. The predicted molar refractivity (Wildman–Crippen MR) is 103 cm³/mol. The Morgan fingerprint density at radius 1 is 1.08 bits per heavy atom. The fourth-order valence-corrected chi connectivity index (χ4v) is 6.38. The van der Waals surface area contributed by atoms with Gasteiger partial charge in [-0.2, -0.15) is 0 Å². The second-order valence-electron chi connectivity index (χ2n) is 8.76. The largest absolute Gasteiger partial charge is 0.481 e. The fraction of sp³-hybridized carbons (Fsp3) is 0.714. The first-order valence-corrected chi connectivity index (χ1v) is 11.0. The maximum Gasteiger partial charge on any atom is 0.306 e. The molecule has 3 fully saturated rings. The molecule has 0 radical (unpaired) electrons. The zero-order valence-electron chi connectivity index (χ0n) is 15.3. The molecule has 26 heavy (non-hydrogen) atoms. The highest BCUT2D eigenvalue weighted by Gasteiger charge is 2.47. The first kappa shape index (κ1) is 18.0. The Bertz CT molecular complexity index is 661. The highest BCUT2D eigenvalue weighted by atomic mass is 32.1. The summed E-state index contributed by atoms with van der Waals surface area (Å²) in [4.78, 5) is 25.1. The third-order valence-corrected chi connectivity index (χ3v) is 8.07. The van der Waals surface area contributed by atoms with Crippen molar-refractivity contribution in [3.63, 3.8) is 0 Å². The van der Waals surface area contributed by atoms with Crippen molar-refractivity contribution in [2.45, 2.75) is 82.6 Å². The number of carbonyl (C=O) groups excluding carboxylic acids is 1. The van der Waals surface area contributed by atoms with E-state index in [0.29, 0.717) is 11.3 Å². The van der Waals surface area contributed by atoms with E-state index in [4.69, 9.17) is 5.11 Å². The molecule has 4 rings (SSSR count). The van der Waals surface area contributed by atoms with Crippen LogP contribution in [-0.4, -0.2) is 23.0 Å². The number of carboxylic acid groups (broad SMARTS) is 1. The molecular weight excluding hydrogens is 346 g/mol. The number of amides is 1. The summed E-state index contributed by atoms with van der Waals surface area (Å²) in [6, 6.07) is 2.38. The van der Waals surface area contributed by atoms with Crippen molar-refractivity contribution in [2.75, 3.05) is 0 Å². The van der Waals surface area contributed by atoms with Gasteiger partial charge < -0.3 is 10.4 Å². The molecule has 0 bridgehead atoms. The number of hydrogen-bond acceptors (Lipinski definition) is 3. The molecule has 0 aromatic carbocycles. The number of hydrogen-bond donors (Lipinski definition) is 2. The smallest absolute Gasteiger partial charge is 0.306 e. The van der Waals surface area contributed by atoms with Crippen LogP contribution < -0.4 is 5.32 Å². The molecule has 3 aliphatic rings. The van der Waals surface area contributed by atoms with Crippen LogP contribution in [0.15, 0.2) is 11.4 Å². The third-order valence-electron chi connectivity index (χ3n) is 6.98. The van der Waals surface area contributed by atoms with E-state index in [9.17, 15) is 9.59 Å². The maximum atomic E-state index is 12.6. The lowest BCUT2D eigenvalue weighted by Crippen LogP contribution is -2.52. The van der Waals surface area contributed by atoms with E-state index in [1.807, 2.05) is 5.38 Å². The van der Waals surface area contributed by atoms with Gasteiger partial charge in [0.2, 0.25) is 0 Å². The van der Waals surface area contributed by atoms with Gasteiger partial charge >= 0.3 is 5.97 Å². The van der Waals surface area contributed by atoms with Gasteiger partial charge in [-0.1, -0.05) is 19.3 Å². The van der Waals surface area contributed by atoms with Crippen molar-refractivity contribution >= 4 is 23.2 Å². The van der Waals surface area contributed by atoms with Crippen LogP contribution in [0.4, 0.5) is 0 Å². The monoisotopic (exact) mass is 375 g/mol. The molecule has 1 spiro atoms. The van der Waals surface area contributed by atoms with Crippen molar-refractivity contribution in [2.24, 2.45) is 11.3 Å². The summed E-state index contributed by atoms with van der Waals surface area (Å²) in [5.41, 5.74) is 1.12. The van der Waals surface area contributed by atoms with E-state index in [1.165, 1.54) is 37.0 Å². The number of rotatable bonds is 4. The van der Waals surface area contributed by atoms with Crippen LogP contribution >= 0.6 is 11.3 Å². The maximum absolute atomic E-state index is 12.6. The van der Waals surface area contributed by atoms with Crippen molar-refractivity contribution in [3.8, 4) is 0 Å². The first-order chi connectivity index (χ1) is 12.5. The SMILES string of the molecule is O=C(NC1CC2(CCC(C(=O)O)CC2)C1)c1csc(C2CCCCC2)c1. The molecular formula is C21H29NO3S. The van der Waals surface area contributed by atoms with Gasteiger partial charge in [0, 0.05) is 16.3 Å². The van der Waals surface area contributed by atoms with Crippen molar-refractivity contribution < 1.29 is 14.7 Å². The van der Waals surface area contributed by atoms with Crippen LogP contribution in [0.5, 0.6) is 0 Å². The molecule has 4 nitrogen and oxygen atoms in total. The van der Waals surface area contributed by atoms with E-state index in [1.54, 1.807) is 11.3 Å². The van der Waals surface area contributed by atoms with Gasteiger partial charge in [-0.3, -0.25) is 9.59 Å².